The monoisotopic (exact) mass is 392 g/mol. The van der Waals surface area contributed by atoms with E-state index in [4.69, 9.17) is 0 Å². The van der Waals surface area contributed by atoms with Crippen molar-refractivity contribution in [3.05, 3.63) is 26.4 Å². The zero-order valence-electron chi connectivity index (χ0n) is 12.5. The minimum absolute atomic E-state index is 0.376. The zero-order chi connectivity index (χ0) is 15.6. The lowest BCUT2D eigenvalue weighted by molar-refractivity contribution is 0.428. The second-order valence-electron chi connectivity index (χ2n) is 5.56. The fraction of sp³-hybridized carbons (Fsp3) is 0.571. The van der Waals surface area contributed by atoms with Crippen molar-refractivity contribution in [2.45, 2.75) is 44.7 Å². The highest BCUT2D eigenvalue weighted by molar-refractivity contribution is 9.11. The summed E-state index contributed by atoms with van der Waals surface area (Å²) in [6.45, 7) is 7.86. The number of nitrogens with one attached hydrogen (secondary N) is 1. The van der Waals surface area contributed by atoms with Crippen LogP contribution in [0.15, 0.2) is 26.4 Å². The van der Waals surface area contributed by atoms with Crippen molar-refractivity contribution >= 4 is 37.3 Å². The summed E-state index contributed by atoms with van der Waals surface area (Å²) < 4.78 is 27.8. The van der Waals surface area contributed by atoms with Crippen LogP contribution in [0.25, 0.3) is 0 Å². The van der Waals surface area contributed by atoms with Crippen molar-refractivity contribution < 1.29 is 8.42 Å². The van der Waals surface area contributed by atoms with Gasteiger partial charge in [0.25, 0.3) is 0 Å². The molecule has 0 radical (unpaired) electrons. The molecular formula is C14H21BrN2O2S2. The van der Waals surface area contributed by atoms with Crippen molar-refractivity contribution in [3.63, 3.8) is 0 Å². The number of rotatable bonds is 5. The molecule has 2 heterocycles. The Labute approximate surface area is 139 Å². The normalized spacial score (nSPS) is 17.3. The molecule has 0 fully saturated rings. The number of thiophene rings is 1. The van der Waals surface area contributed by atoms with E-state index >= 15 is 0 Å². The van der Waals surface area contributed by atoms with Gasteiger partial charge in [-0.15, -0.1) is 11.3 Å². The Bertz CT molecular complexity index is 635. The maximum atomic E-state index is 12.8. The van der Waals surface area contributed by atoms with Gasteiger partial charge in [-0.2, -0.15) is 4.31 Å². The van der Waals surface area contributed by atoms with Gasteiger partial charge in [-0.25, -0.2) is 8.42 Å². The first-order chi connectivity index (χ1) is 9.80. The minimum Gasteiger partial charge on any atom is -0.310 e. The third kappa shape index (κ3) is 4.16. The molecule has 0 bridgehead atoms. The number of hydrogen-bond donors (Lipinski definition) is 1. The quantitative estimate of drug-likeness (QED) is 0.781. The first-order valence-electron chi connectivity index (χ1n) is 6.98. The largest absolute Gasteiger partial charge is 0.310 e. The molecule has 2 rings (SSSR count). The molecule has 0 saturated heterocycles. The van der Waals surface area contributed by atoms with Gasteiger partial charge in [0.1, 0.15) is 4.90 Å². The Morgan fingerprint density at radius 2 is 2.19 bits per heavy atom. The molecule has 0 aromatic carbocycles. The van der Waals surface area contributed by atoms with Crippen LogP contribution >= 0.6 is 27.3 Å². The van der Waals surface area contributed by atoms with Crippen LogP contribution in [0.3, 0.4) is 0 Å². The van der Waals surface area contributed by atoms with Crippen molar-refractivity contribution in [2.75, 3.05) is 13.1 Å². The van der Waals surface area contributed by atoms with Gasteiger partial charge in [-0.1, -0.05) is 25.5 Å². The van der Waals surface area contributed by atoms with E-state index < -0.39 is 10.0 Å². The molecule has 0 atom stereocenters. The second kappa shape index (κ2) is 6.91. The van der Waals surface area contributed by atoms with Gasteiger partial charge in [0, 0.05) is 30.6 Å². The Kier molecular flexibility index (Phi) is 5.65. The molecule has 0 amide bonds. The fourth-order valence-corrected chi connectivity index (χ4v) is 6.27. The van der Waals surface area contributed by atoms with E-state index in [2.05, 4.69) is 41.2 Å². The molecule has 118 valence electrons. The Morgan fingerprint density at radius 1 is 1.48 bits per heavy atom. The van der Waals surface area contributed by atoms with E-state index in [9.17, 15) is 8.42 Å². The van der Waals surface area contributed by atoms with E-state index in [1.807, 2.05) is 6.92 Å². The number of hydrogen-bond acceptors (Lipinski definition) is 4. The summed E-state index contributed by atoms with van der Waals surface area (Å²) in [6, 6.07) is 2.16. The summed E-state index contributed by atoms with van der Waals surface area (Å²) in [7, 11) is -3.42. The lowest BCUT2D eigenvalue weighted by atomic mass is 10.2. The van der Waals surface area contributed by atoms with Gasteiger partial charge < -0.3 is 5.32 Å². The van der Waals surface area contributed by atoms with E-state index in [-0.39, 0.29) is 0 Å². The summed E-state index contributed by atoms with van der Waals surface area (Å²) in [6.07, 6.45) is 2.89. The van der Waals surface area contributed by atoms with Gasteiger partial charge in [0.05, 0.1) is 3.79 Å². The van der Waals surface area contributed by atoms with E-state index in [1.54, 1.807) is 10.4 Å². The van der Waals surface area contributed by atoms with Crippen LogP contribution in [0, 0.1) is 0 Å². The van der Waals surface area contributed by atoms with Crippen LogP contribution < -0.4 is 5.32 Å². The van der Waals surface area contributed by atoms with Crippen LogP contribution in [0.4, 0.5) is 0 Å². The van der Waals surface area contributed by atoms with Crippen molar-refractivity contribution in [1.29, 1.82) is 0 Å². The fourth-order valence-electron chi connectivity index (χ4n) is 2.19. The zero-order valence-corrected chi connectivity index (χ0v) is 15.7. The maximum Gasteiger partial charge on any atom is 0.245 e. The van der Waals surface area contributed by atoms with Crippen LogP contribution in [0.2, 0.25) is 0 Å². The predicted octanol–water partition coefficient (Wildman–Crippen LogP) is 3.35. The average Bonchev–Trinajstić information content (AvgIpc) is 2.78. The second-order valence-corrected chi connectivity index (χ2v) is 9.93. The molecule has 0 saturated carbocycles. The topological polar surface area (TPSA) is 49.4 Å². The van der Waals surface area contributed by atoms with E-state index in [0.29, 0.717) is 34.4 Å². The molecule has 0 aliphatic carbocycles. The number of sulfonamides is 1. The molecule has 0 spiro atoms. The third-order valence-corrected chi connectivity index (χ3v) is 7.40. The summed E-state index contributed by atoms with van der Waals surface area (Å²) in [5.74, 6) is 0. The van der Waals surface area contributed by atoms with Gasteiger partial charge in [-0.05, 0) is 35.3 Å². The summed E-state index contributed by atoms with van der Waals surface area (Å²) >= 11 is 4.89. The minimum atomic E-state index is -3.42. The maximum absolute atomic E-state index is 12.8. The molecule has 4 nitrogen and oxygen atoms in total. The molecule has 21 heavy (non-hydrogen) atoms. The van der Waals surface area contributed by atoms with Crippen molar-refractivity contribution in [3.8, 4) is 0 Å². The lowest BCUT2D eigenvalue weighted by Crippen LogP contribution is -2.35. The third-order valence-electron chi connectivity index (χ3n) is 3.31. The molecule has 1 aromatic heterocycles. The van der Waals surface area contributed by atoms with Crippen LogP contribution in [0.1, 0.15) is 32.1 Å². The summed E-state index contributed by atoms with van der Waals surface area (Å²) in [5, 5.41) is 3.31. The average molecular weight is 393 g/mol. The first-order valence-corrected chi connectivity index (χ1v) is 10.0. The van der Waals surface area contributed by atoms with Crippen molar-refractivity contribution in [2.24, 2.45) is 0 Å². The lowest BCUT2D eigenvalue weighted by Gasteiger charge is -2.25. The molecule has 0 unspecified atom stereocenters. The van der Waals surface area contributed by atoms with Gasteiger partial charge >= 0.3 is 0 Å². The molecule has 1 aliphatic heterocycles. The van der Waals surface area contributed by atoms with E-state index in [0.717, 1.165) is 16.9 Å². The molecule has 1 N–H and O–H groups in total. The molecule has 1 aliphatic rings. The SMILES string of the molecule is CC1=CCCN(S(=O)(=O)c2cc(CNC(C)C)sc2Br)C1. The highest BCUT2D eigenvalue weighted by Crippen LogP contribution is 2.34. The highest BCUT2D eigenvalue weighted by atomic mass is 79.9. The standard InChI is InChI=1S/C14H21BrN2O2S2/c1-10(2)16-8-12-7-13(14(15)20-12)21(18,19)17-6-4-5-11(3)9-17/h5,7,10,16H,4,6,8-9H2,1-3H3. The van der Waals surface area contributed by atoms with Gasteiger partial charge in [-0.3, -0.25) is 0 Å². The van der Waals surface area contributed by atoms with E-state index in [1.165, 1.54) is 11.3 Å². The Hall–Kier alpha value is -0.210. The Balaban J connectivity index is 2.22. The number of nitrogens with zero attached hydrogens (tertiary/aromatic N) is 1. The van der Waals surface area contributed by atoms with Gasteiger partial charge in [0.2, 0.25) is 10.0 Å². The van der Waals surface area contributed by atoms with Crippen LogP contribution in [0.5, 0.6) is 0 Å². The Morgan fingerprint density at radius 3 is 2.81 bits per heavy atom. The first kappa shape index (κ1) is 17.1. The summed E-state index contributed by atoms with van der Waals surface area (Å²) in [5.41, 5.74) is 1.11. The highest BCUT2D eigenvalue weighted by Gasteiger charge is 2.29. The predicted molar refractivity (Wildman–Crippen MR) is 91.1 cm³/mol. The molecular weight excluding hydrogens is 372 g/mol. The summed E-state index contributed by atoms with van der Waals surface area (Å²) in [4.78, 5) is 1.42. The van der Waals surface area contributed by atoms with Gasteiger partial charge in [0.15, 0.2) is 0 Å². The molecule has 7 heteroatoms. The van der Waals surface area contributed by atoms with Crippen LogP contribution in [-0.4, -0.2) is 31.9 Å². The number of halogens is 1. The smallest absolute Gasteiger partial charge is 0.245 e. The van der Waals surface area contributed by atoms with Crippen LogP contribution in [-0.2, 0) is 16.6 Å². The molecule has 1 aromatic rings. The van der Waals surface area contributed by atoms with Crippen molar-refractivity contribution in [1.82, 2.24) is 9.62 Å².